The summed E-state index contributed by atoms with van der Waals surface area (Å²) in [4.78, 5) is 12.3. The molecule has 4 saturated carbocycles. The van der Waals surface area contributed by atoms with Crippen molar-refractivity contribution in [1.82, 2.24) is 0 Å². The second kappa shape index (κ2) is 7.01. The first kappa shape index (κ1) is 21.6. The van der Waals surface area contributed by atoms with Gasteiger partial charge in [-0.15, -0.1) is 0 Å². The Balaban J connectivity index is 0.00000210. The monoisotopic (exact) mass is 395 g/mol. The molecule has 0 aromatic carbocycles. The van der Waals surface area contributed by atoms with Crippen molar-refractivity contribution >= 4 is 5.78 Å². The molecule has 0 spiro atoms. The van der Waals surface area contributed by atoms with Crippen LogP contribution >= 0.6 is 0 Å². The Bertz CT molecular complexity index is 583. The summed E-state index contributed by atoms with van der Waals surface area (Å²) >= 11 is 0. The summed E-state index contributed by atoms with van der Waals surface area (Å²) in [5.74, 6) is 4.42. The molecule has 0 saturated heterocycles. The standard InChI is InChI=1S/C24H42NO.ClH/c1-16(26)20-9-10-21-19-8-7-17-15-18(25(4,5)6)11-13-23(17,2)22(19)12-14-24(20,21)3;/h17-22H,7-15H2,1-6H3;1H/q+1;/p-1/t17-,18-,19?,20?,21?,22?,23+,24-;/m1./s1. The van der Waals surface area contributed by atoms with Gasteiger partial charge in [-0.3, -0.25) is 4.79 Å². The number of rotatable bonds is 2. The van der Waals surface area contributed by atoms with Gasteiger partial charge in [0.1, 0.15) is 5.78 Å². The number of hydrogen-bond donors (Lipinski definition) is 0. The molecule has 0 aliphatic heterocycles. The van der Waals surface area contributed by atoms with Crippen LogP contribution in [-0.4, -0.2) is 37.5 Å². The third-order valence-corrected chi connectivity index (χ3v) is 10.2. The number of nitrogens with zero attached hydrogens (tertiary/aromatic N) is 1. The summed E-state index contributed by atoms with van der Waals surface area (Å²) in [6.07, 6.45) is 12.4. The lowest BCUT2D eigenvalue weighted by molar-refractivity contribution is -0.898. The quantitative estimate of drug-likeness (QED) is 0.656. The maximum Gasteiger partial charge on any atom is 0.133 e. The van der Waals surface area contributed by atoms with E-state index in [0.717, 1.165) is 34.2 Å². The van der Waals surface area contributed by atoms with E-state index in [1.54, 1.807) is 0 Å². The molecule has 0 heterocycles. The molecule has 156 valence electrons. The lowest BCUT2D eigenvalue weighted by Gasteiger charge is -2.61. The van der Waals surface area contributed by atoms with Crippen molar-refractivity contribution in [3.8, 4) is 0 Å². The molecule has 0 amide bonds. The van der Waals surface area contributed by atoms with E-state index in [1.807, 2.05) is 6.92 Å². The molecule has 4 rings (SSSR count). The smallest absolute Gasteiger partial charge is 0.133 e. The molecule has 4 fully saturated rings. The minimum absolute atomic E-state index is 0. The fourth-order valence-corrected chi connectivity index (χ4v) is 8.61. The van der Waals surface area contributed by atoms with E-state index < -0.39 is 0 Å². The average molecular weight is 396 g/mol. The van der Waals surface area contributed by atoms with Gasteiger partial charge < -0.3 is 16.9 Å². The number of carbonyl (C=O) groups is 1. The molecule has 0 aromatic heterocycles. The number of Topliss-reactive ketones (excluding diaryl/α,β-unsaturated/α-hetero) is 1. The predicted molar refractivity (Wildman–Crippen MR) is 108 cm³/mol. The van der Waals surface area contributed by atoms with Gasteiger partial charge in [0.25, 0.3) is 0 Å². The van der Waals surface area contributed by atoms with Crippen LogP contribution in [0.3, 0.4) is 0 Å². The molecule has 3 heteroatoms. The van der Waals surface area contributed by atoms with Crippen molar-refractivity contribution in [3.05, 3.63) is 0 Å². The second-order valence-electron chi connectivity index (χ2n) is 12.0. The average Bonchev–Trinajstić information content (AvgIpc) is 2.90. The van der Waals surface area contributed by atoms with Gasteiger partial charge in [0.05, 0.1) is 27.2 Å². The van der Waals surface area contributed by atoms with E-state index in [4.69, 9.17) is 0 Å². The Labute approximate surface area is 173 Å². The third kappa shape index (κ3) is 3.21. The normalized spacial score (nSPS) is 49.4. The maximum atomic E-state index is 12.3. The highest BCUT2D eigenvalue weighted by atomic mass is 35.5. The van der Waals surface area contributed by atoms with Gasteiger partial charge in [-0.25, -0.2) is 0 Å². The highest BCUT2D eigenvalue weighted by molar-refractivity contribution is 5.79. The molecule has 4 aliphatic carbocycles. The van der Waals surface area contributed by atoms with Crippen LogP contribution in [0.1, 0.15) is 78.6 Å². The van der Waals surface area contributed by atoms with Gasteiger partial charge in [-0.1, -0.05) is 13.8 Å². The minimum atomic E-state index is 0. The number of hydrogen-bond acceptors (Lipinski definition) is 1. The molecule has 0 bridgehead atoms. The van der Waals surface area contributed by atoms with Gasteiger partial charge in [0, 0.05) is 12.3 Å². The zero-order valence-corrected chi connectivity index (χ0v) is 19.3. The summed E-state index contributed by atoms with van der Waals surface area (Å²) in [6.45, 7) is 7.00. The summed E-state index contributed by atoms with van der Waals surface area (Å²) in [5, 5.41) is 0. The SMILES string of the molecule is CC(=O)C1CCC2C3CC[C@@H]4C[C@H]([N+](C)(C)C)CC[C@]4(C)C3CC[C@]12C.[Cl-]. The van der Waals surface area contributed by atoms with Gasteiger partial charge >= 0.3 is 0 Å². The lowest BCUT2D eigenvalue weighted by Crippen LogP contribution is -3.00. The van der Waals surface area contributed by atoms with E-state index >= 15 is 0 Å². The first-order valence-electron chi connectivity index (χ1n) is 11.4. The van der Waals surface area contributed by atoms with E-state index in [1.165, 1.54) is 57.8 Å². The molecule has 0 aromatic rings. The highest BCUT2D eigenvalue weighted by Gasteiger charge is 2.61. The zero-order valence-electron chi connectivity index (χ0n) is 18.6. The Morgan fingerprint density at radius 2 is 1.48 bits per heavy atom. The van der Waals surface area contributed by atoms with Crippen LogP contribution in [0.4, 0.5) is 0 Å². The fraction of sp³-hybridized carbons (Fsp3) is 0.958. The van der Waals surface area contributed by atoms with E-state index in [-0.39, 0.29) is 12.4 Å². The van der Waals surface area contributed by atoms with Crippen molar-refractivity contribution in [2.45, 2.75) is 84.6 Å². The fourth-order valence-electron chi connectivity index (χ4n) is 8.61. The van der Waals surface area contributed by atoms with E-state index in [2.05, 4.69) is 35.0 Å². The summed E-state index contributed by atoms with van der Waals surface area (Å²) in [5.41, 5.74) is 0.889. The van der Waals surface area contributed by atoms with Crippen molar-refractivity contribution < 1.29 is 21.7 Å². The molecule has 0 N–H and O–H groups in total. The number of quaternary nitrogens is 1. The molecule has 2 nitrogen and oxygen atoms in total. The van der Waals surface area contributed by atoms with E-state index in [9.17, 15) is 4.79 Å². The van der Waals surface area contributed by atoms with Gasteiger partial charge in [-0.05, 0) is 92.8 Å². The van der Waals surface area contributed by atoms with Crippen LogP contribution in [0.25, 0.3) is 0 Å². The number of ketones is 1. The molecule has 8 atom stereocenters. The van der Waals surface area contributed by atoms with Gasteiger partial charge in [0.15, 0.2) is 0 Å². The molecule has 0 radical (unpaired) electrons. The molecule has 4 aliphatic rings. The van der Waals surface area contributed by atoms with Gasteiger partial charge in [-0.2, -0.15) is 0 Å². The van der Waals surface area contributed by atoms with Crippen molar-refractivity contribution in [2.75, 3.05) is 21.1 Å². The van der Waals surface area contributed by atoms with Crippen molar-refractivity contribution in [3.63, 3.8) is 0 Å². The Kier molecular flexibility index (Phi) is 5.61. The molecule has 4 unspecified atom stereocenters. The summed E-state index contributed by atoms with van der Waals surface area (Å²) in [6, 6.07) is 0.854. The second-order valence-corrected chi connectivity index (χ2v) is 12.0. The Morgan fingerprint density at radius 3 is 2.11 bits per heavy atom. The van der Waals surface area contributed by atoms with Gasteiger partial charge in [0.2, 0.25) is 0 Å². The predicted octanol–water partition coefficient (Wildman–Crippen LogP) is 2.31. The highest BCUT2D eigenvalue weighted by Crippen LogP contribution is 2.67. The number of carbonyl (C=O) groups excluding carboxylic acids is 1. The first-order valence-corrected chi connectivity index (χ1v) is 11.4. The lowest BCUT2D eigenvalue weighted by atomic mass is 9.44. The minimum Gasteiger partial charge on any atom is -1.00 e. The van der Waals surface area contributed by atoms with Crippen LogP contribution in [0, 0.1) is 40.4 Å². The summed E-state index contributed by atoms with van der Waals surface area (Å²) < 4.78 is 1.14. The van der Waals surface area contributed by atoms with Crippen molar-refractivity contribution in [2.24, 2.45) is 40.4 Å². The van der Waals surface area contributed by atoms with Crippen LogP contribution in [0.2, 0.25) is 0 Å². The van der Waals surface area contributed by atoms with Crippen LogP contribution in [0.15, 0.2) is 0 Å². The van der Waals surface area contributed by atoms with E-state index in [0.29, 0.717) is 22.5 Å². The number of halogens is 1. The molecular weight excluding hydrogens is 354 g/mol. The topological polar surface area (TPSA) is 17.1 Å². The molecular formula is C24H42ClNO. The maximum absolute atomic E-state index is 12.3. The Hall–Kier alpha value is -0.0800. The first-order chi connectivity index (χ1) is 12.1. The Morgan fingerprint density at radius 1 is 0.852 bits per heavy atom. The zero-order chi connectivity index (χ0) is 18.9. The third-order valence-electron chi connectivity index (χ3n) is 10.2. The number of fused-ring (bicyclic) bond motifs is 5. The largest absolute Gasteiger partial charge is 1.00 e. The van der Waals surface area contributed by atoms with Crippen LogP contribution < -0.4 is 12.4 Å². The van der Waals surface area contributed by atoms with Crippen molar-refractivity contribution in [1.29, 1.82) is 0 Å². The summed E-state index contributed by atoms with van der Waals surface area (Å²) in [7, 11) is 7.18. The van der Waals surface area contributed by atoms with Crippen LogP contribution in [-0.2, 0) is 4.79 Å². The molecule has 27 heavy (non-hydrogen) atoms. The van der Waals surface area contributed by atoms with Crippen LogP contribution in [0.5, 0.6) is 0 Å².